The second-order valence-corrected chi connectivity index (χ2v) is 7.74. The van der Waals surface area contributed by atoms with Gasteiger partial charge in [0.2, 0.25) is 0 Å². The van der Waals surface area contributed by atoms with Crippen molar-refractivity contribution in [2.75, 3.05) is 60.8 Å². The lowest BCUT2D eigenvalue weighted by atomic mass is 10.1. The first-order valence-corrected chi connectivity index (χ1v) is 10.5. The Labute approximate surface area is 183 Å². The van der Waals surface area contributed by atoms with Crippen molar-refractivity contribution in [1.29, 1.82) is 0 Å². The zero-order valence-electron chi connectivity index (χ0n) is 18.0. The van der Waals surface area contributed by atoms with Gasteiger partial charge in [-0.05, 0) is 72.8 Å². The minimum Gasteiger partial charge on any atom is -0.378 e. The van der Waals surface area contributed by atoms with Crippen LogP contribution in [0.25, 0.3) is 0 Å². The van der Waals surface area contributed by atoms with Gasteiger partial charge >= 0.3 is 0 Å². The number of hydrogen-bond acceptors (Lipinski definition) is 5. The van der Waals surface area contributed by atoms with Crippen LogP contribution in [0.4, 0.5) is 28.4 Å². The van der Waals surface area contributed by atoms with Gasteiger partial charge in [0.05, 0.1) is 13.2 Å². The van der Waals surface area contributed by atoms with E-state index in [-0.39, 0.29) is 5.91 Å². The van der Waals surface area contributed by atoms with Crippen molar-refractivity contribution in [2.45, 2.75) is 0 Å². The summed E-state index contributed by atoms with van der Waals surface area (Å²) in [6.07, 6.45) is 0. The van der Waals surface area contributed by atoms with Gasteiger partial charge in [-0.15, -0.1) is 0 Å². The Bertz CT molecular complexity index is 993. The molecular weight excluding hydrogens is 388 g/mol. The van der Waals surface area contributed by atoms with E-state index in [1.54, 1.807) is 0 Å². The SMILES string of the molecule is CN(C)c1ccc(C(=O)Nc2ccc(Nc3ccc(N4CCOCC4)cc3)cc2)cc1. The molecule has 3 aromatic rings. The molecule has 6 nitrogen and oxygen atoms in total. The molecule has 0 radical (unpaired) electrons. The Hall–Kier alpha value is -3.51. The second-order valence-electron chi connectivity index (χ2n) is 7.74. The first-order valence-electron chi connectivity index (χ1n) is 10.5. The number of carbonyl (C=O) groups is 1. The molecule has 4 rings (SSSR count). The first-order chi connectivity index (χ1) is 15.1. The summed E-state index contributed by atoms with van der Waals surface area (Å²) < 4.78 is 5.41. The number of amides is 1. The number of morpholine rings is 1. The lowest BCUT2D eigenvalue weighted by Gasteiger charge is -2.28. The minimum absolute atomic E-state index is 0.121. The Morgan fingerprint density at radius 3 is 1.94 bits per heavy atom. The van der Waals surface area contributed by atoms with E-state index in [2.05, 4.69) is 39.8 Å². The van der Waals surface area contributed by atoms with Crippen LogP contribution in [-0.4, -0.2) is 46.3 Å². The van der Waals surface area contributed by atoms with Gasteiger partial charge in [0.25, 0.3) is 5.91 Å². The van der Waals surface area contributed by atoms with Gasteiger partial charge in [-0.25, -0.2) is 0 Å². The maximum absolute atomic E-state index is 12.5. The Morgan fingerprint density at radius 2 is 1.35 bits per heavy atom. The summed E-state index contributed by atoms with van der Waals surface area (Å²) in [5.41, 5.74) is 5.65. The number of benzene rings is 3. The predicted molar refractivity (Wildman–Crippen MR) is 128 cm³/mol. The van der Waals surface area contributed by atoms with Crippen molar-refractivity contribution >= 4 is 34.3 Å². The van der Waals surface area contributed by atoms with E-state index in [1.165, 1.54) is 5.69 Å². The average Bonchev–Trinajstić information content (AvgIpc) is 2.81. The largest absolute Gasteiger partial charge is 0.378 e. The van der Waals surface area contributed by atoms with Gasteiger partial charge in [0.15, 0.2) is 0 Å². The van der Waals surface area contributed by atoms with Gasteiger partial charge in [0, 0.05) is 61.2 Å². The summed E-state index contributed by atoms with van der Waals surface area (Å²) in [4.78, 5) is 16.8. The van der Waals surface area contributed by atoms with Crippen LogP contribution in [0.1, 0.15) is 10.4 Å². The Kier molecular flexibility index (Phi) is 6.38. The number of hydrogen-bond donors (Lipinski definition) is 2. The van der Waals surface area contributed by atoms with Gasteiger partial charge in [-0.2, -0.15) is 0 Å². The number of nitrogens with zero attached hydrogens (tertiary/aromatic N) is 2. The van der Waals surface area contributed by atoms with Gasteiger partial charge < -0.3 is 25.2 Å². The average molecular weight is 417 g/mol. The third-order valence-electron chi connectivity index (χ3n) is 5.32. The molecule has 0 aliphatic carbocycles. The molecule has 0 aromatic heterocycles. The fraction of sp³-hybridized carbons (Fsp3) is 0.240. The quantitative estimate of drug-likeness (QED) is 0.616. The summed E-state index contributed by atoms with van der Waals surface area (Å²) in [5.74, 6) is -0.121. The van der Waals surface area contributed by atoms with Crippen LogP contribution in [0, 0.1) is 0 Å². The maximum atomic E-state index is 12.5. The highest BCUT2D eigenvalue weighted by Gasteiger charge is 2.11. The van der Waals surface area contributed by atoms with Gasteiger partial charge in [0.1, 0.15) is 0 Å². The molecule has 1 amide bonds. The zero-order chi connectivity index (χ0) is 21.6. The van der Waals surface area contributed by atoms with E-state index < -0.39 is 0 Å². The van der Waals surface area contributed by atoms with Crippen molar-refractivity contribution in [3.8, 4) is 0 Å². The van der Waals surface area contributed by atoms with Gasteiger partial charge in [-0.1, -0.05) is 0 Å². The molecule has 0 saturated carbocycles. The summed E-state index contributed by atoms with van der Waals surface area (Å²) in [5, 5.41) is 6.35. The lowest BCUT2D eigenvalue weighted by molar-refractivity contribution is 0.102. The lowest BCUT2D eigenvalue weighted by Crippen LogP contribution is -2.36. The van der Waals surface area contributed by atoms with Crippen LogP contribution in [0.5, 0.6) is 0 Å². The highest BCUT2D eigenvalue weighted by molar-refractivity contribution is 6.04. The molecule has 1 heterocycles. The molecular formula is C25H28N4O2. The van der Waals surface area contributed by atoms with Crippen LogP contribution >= 0.6 is 0 Å². The Morgan fingerprint density at radius 1 is 0.806 bits per heavy atom. The van der Waals surface area contributed by atoms with Crippen molar-refractivity contribution in [2.24, 2.45) is 0 Å². The first kappa shape index (κ1) is 20.8. The normalized spacial score (nSPS) is 13.5. The summed E-state index contributed by atoms with van der Waals surface area (Å²) in [6.45, 7) is 3.42. The summed E-state index contributed by atoms with van der Waals surface area (Å²) >= 11 is 0. The van der Waals surface area contributed by atoms with E-state index in [9.17, 15) is 4.79 Å². The predicted octanol–water partition coefficient (Wildman–Crippen LogP) is 4.59. The van der Waals surface area contributed by atoms with Crippen LogP contribution in [0.15, 0.2) is 72.8 Å². The van der Waals surface area contributed by atoms with Crippen LogP contribution in [0.3, 0.4) is 0 Å². The zero-order valence-corrected chi connectivity index (χ0v) is 18.0. The van der Waals surface area contributed by atoms with Crippen molar-refractivity contribution in [1.82, 2.24) is 0 Å². The second kappa shape index (κ2) is 9.53. The molecule has 31 heavy (non-hydrogen) atoms. The third-order valence-corrected chi connectivity index (χ3v) is 5.32. The molecule has 1 saturated heterocycles. The fourth-order valence-corrected chi connectivity index (χ4v) is 3.49. The molecule has 160 valence electrons. The molecule has 1 fully saturated rings. The van der Waals surface area contributed by atoms with Crippen LogP contribution in [0.2, 0.25) is 0 Å². The van der Waals surface area contributed by atoms with Crippen molar-refractivity contribution in [3.05, 3.63) is 78.4 Å². The number of rotatable bonds is 6. The van der Waals surface area contributed by atoms with Crippen LogP contribution in [-0.2, 0) is 4.74 Å². The fourth-order valence-electron chi connectivity index (χ4n) is 3.49. The summed E-state index contributed by atoms with van der Waals surface area (Å²) in [7, 11) is 3.95. The molecule has 0 unspecified atom stereocenters. The number of ether oxygens (including phenoxy) is 1. The number of carbonyl (C=O) groups excluding carboxylic acids is 1. The molecule has 0 bridgehead atoms. The highest BCUT2D eigenvalue weighted by atomic mass is 16.5. The van der Waals surface area contributed by atoms with E-state index in [0.717, 1.165) is 49.1 Å². The minimum atomic E-state index is -0.121. The van der Waals surface area contributed by atoms with Crippen molar-refractivity contribution in [3.63, 3.8) is 0 Å². The smallest absolute Gasteiger partial charge is 0.255 e. The molecule has 6 heteroatoms. The molecule has 2 N–H and O–H groups in total. The highest BCUT2D eigenvalue weighted by Crippen LogP contribution is 2.23. The van der Waals surface area contributed by atoms with E-state index in [1.807, 2.05) is 67.5 Å². The van der Waals surface area contributed by atoms with E-state index >= 15 is 0 Å². The third kappa shape index (κ3) is 5.35. The van der Waals surface area contributed by atoms with Crippen molar-refractivity contribution < 1.29 is 9.53 Å². The topological polar surface area (TPSA) is 56.8 Å². The monoisotopic (exact) mass is 416 g/mol. The van der Waals surface area contributed by atoms with Crippen LogP contribution < -0.4 is 20.4 Å². The molecule has 1 aliphatic rings. The molecule has 3 aromatic carbocycles. The van der Waals surface area contributed by atoms with E-state index in [4.69, 9.17) is 4.74 Å². The van der Waals surface area contributed by atoms with Gasteiger partial charge in [-0.3, -0.25) is 4.79 Å². The Balaban J connectivity index is 1.34. The molecule has 1 aliphatic heterocycles. The van der Waals surface area contributed by atoms with E-state index in [0.29, 0.717) is 5.56 Å². The molecule has 0 atom stereocenters. The number of anilines is 5. The maximum Gasteiger partial charge on any atom is 0.255 e. The molecule has 0 spiro atoms. The standard InChI is InChI=1S/C25H28N4O2/c1-28(2)23-11-3-19(4-12-23)25(30)27-22-7-5-20(6-8-22)26-21-9-13-24(14-10-21)29-15-17-31-18-16-29/h3-14,26H,15-18H2,1-2H3,(H,27,30). The number of nitrogens with one attached hydrogen (secondary N) is 2. The summed E-state index contributed by atoms with van der Waals surface area (Å²) in [6, 6.07) is 23.7.